The van der Waals surface area contributed by atoms with Crippen LogP contribution in [-0.4, -0.2) is 4.98 Å². The fourth-order valence-electron chi connectivity index (χ4n) is 11.2. The minimum Gasteiger partial charge on any atom is -0.237 e. The first-order valence-electron chi connectivity index (χ1n) is 27.1. The van der Waals surface area contributed by atoms with E-state index in [-0.39, 0.29) is 0 Å². The van der Waals surface area contributed by atoms with Crippen molar-refractivity contribution >= 4 is 127 Å². The first-order chi connectivity index (χ1) is 38.3. The first kappa shape index (κ1) is 44.1. The number of para-hydroxylation sites is 1. The molecule has 0 unspecified atom stereocenters. The Morgan fingerprint density at radius 2 is 0.895 bits per heavy atom. The van der Waals surface area contributed by atoms with Gasteiger partial charge in [-0.05, 0) is 132 Å². The van der Waals surface area contributed by atoms with E-state index in [0.29, 0.717) is 5.56 Å². The van der Waals surface area contributed by atoms with Crippen molar-refractivity contribution in [1.82, 2.24) is 4.98 Å². The number of rotatable bonds is 3. The third kappa shape index (κ3) is 8.09. The summed E-state index contributed by atoms with van der Waals surface area (Å²) >= 11 is 5.46. The van der Waals surface area contributed by atoms with Crippen LogP contribution in [0, 0.1) is 27.6 Å². The lowest BCUT2D eigenvalue weighted by Gasteiger charge is -2.06. The summed E-state index contributed by atoms with van der Waals surface area (Å²) in [6, 6.07) is 72.7. The van der Waals surface area contributed by atoms with Gasteiger partial charge in [-0.15, -0.1) is 0 Å². The lowest BCUT2D eigenvalue weighted by atomic mass is 10.0. The third-order valence-electron chi connectivity index (χ3n) is 15.2. The zero-order valence-electron chi connectivity index (χ0n) is 46.1. The van der Waals surface area contributed by atoms with Crippen molar-refractivity contribution < 1.29 is 17.8 Å². The molecule has 0 aliphatic rings. The molecule has 15 aromatic rings. The lowest BCUT2D eigenvalue weighted by molar-refractivity contribution is -0.631. The van der Waals surface area contributed by atoms with E-state index in [0.717, 1.165) is 37.4 Å². The van der Waals surface area contributed by atoms with Crippen LogP contribution >= 0.6 is 34.0 Å². The maximum absolute atomic E-state index is 7.64. The predicted molar refractivity (Wildman–Crippen MR) is 327 cm³/mol. The van der Waals surface area contributed by atoms with E-state index in [9.17, 15) is 0 Å². The summed E-state index contributed by atoms with van der Waals surface area (Å²) < 4.78 is 32.5. The summed E-state index contributed by atoms with van der Waals surface area (Å²) in [5, 5.41) is 14.2. The Balaban J connectivity index is 0.000000113. The molecule has 76 heavy (non-hydrogen) atoms. The van der Waals surface area contributed by atoms with Crippen molar-refractivity contribution in [1.29, 1.82) is 0 Å². The lowest BCUT2D eigenvalue weighted by Crippen LogP contribution is -2.31. The summed E-state index contributed by atoms with van der Waals surface area (Å²) in [4.78, 5) is 9.69. The average molecular weight is 1040 g/mol. The molecule has 7 heterocycles. The van der Waals surface area contributed by atoms with Gasteiger partial charge in [-0.2, -0.15) is 13.7 Å². The normalized spacial score (nSPS) is 12.4. The van der Waals surface area contributed by atoms with Crippen molar-refractivity contribution in [2.45, 2.75) is 27.6 Å². The Kier molecular flexibility index (Phi) is 11.1. The molecule has 0 radical (unpaired) electrons. The molecule has 15 rings (SSSR count). The highest BCUT2D eigenvalue weighted by Gasteiger charge is 2.24. The van der Waals surface area contributed by atoms with Crippen molar-refractivity contribution in [3.63, 3.8) is 0 Å². The number of thiophene rings is 3. The first-order valence-corrected chi connectivity index (χ1v) is 28.1. The number of aromatic nitrogens is 4. The summed E-state index contributed by atoms with van der Waals surface area (Å²) in [5.74, 6) is 0. The Labute approximate surface area is 458 Å². The molecule has 0 amide bonds. The van der Waals surface area contributed by atoms with Crippen LogP contribution in [-0.2, 0) is 21.1 Å². The molecule has 0 fully saturated rings. The van der Waals surface area contributed by atoms with Crippen LogP contribution in [0.4, 0.5) is 0 Å². The van der Waals surface area contributed by atoms with Gasteiger partial charge in [0.15, 0.2) is 0 Å². The monoisotopic (exact) mass is 1040 g/mol. The standard InChI is InChI=1S/C23H19N2S.2C23H18NS/c1-14-8-9-17(15(2)12-14)21-11-10-18-19-13-16-6-4-5-7-20(16)24-22(19)26-23(18)25(21)3;1-15-7-3-5-9-17(15)20-13-12-19-22-18-10-6-4-8-16(18)11-14-21(22)25-23(19)24(20)2;1-15-7-3-5-9-17(15)21-14-13-20-19-12-11-16-8-4-6-10-18(16)22(19)25-23(20)24(21)2/h4-13H,1-3H3;2*3-14H,1-2H3/q3*+1/i1D3;;. The fraction of sp³-hybridized carbons (Fsp3) is 0.101. The van der Waals surface area contributed by atoms with Gasteiger partial charge in [0.05, 0.1) is 21.7 Å². The van der Waals surface area contributed by atoms with Gasteiger partial charge in [0, 0.05) is 69.9 Å². The quantitative estimate of drug-likeness (QED) is 0.162. The Morgan fingerprint density at radius 3 is 1.55 bits per heavy atom. The van der Waals surface area contributed by atoms with E-state index >= 15 is 0 Å². The molecule has 4 nitrogen and oxygen atoms in total. The molecule has 0 aliphatic heterocycles. The van der Waals surface area contributed by atoms with E-state index in [2.05, 4.69) is 219 Å². The number of pyridine rings is 4. The van der Waals surface area contributed by atoms with E-state index in [1.807, 2.05) is 53.9 Å². The molecule has 0 spiro atoms. The molecular formula is C69H55N4S3+3. The van der Waals surface area contributed by atoms with Gasteiger partial charge < -0.3 is 0 Å². The maximum Gasteiger partial charge on any atom is 0.271 e. The van der Waals surface area contributed by atoms with Crippen LogP contribution in [0.3, 0.4) is 0 Å². The second kappa shape index (κ2) is 19.2. The molecule has 0 bridgehead atoms. The number of benzene rings is 8. The van der Waals surface area contributed by atoms with Gasteiger partial charge in [0.2, 0.25) is 17.1 Å². The molecule has 366 valence electrons. The Bertz CT molecular complexity index is 4870. The average Bonchev–Trinajstić information content (AvgIpc) is 4.38. The molecule has 0 saturated carbocycles. The van der Waals surface area contributed by atoms with Crippen LogP contribution in [0.5, 0.6) is 0 Å². The molecule has 0 saturated heterocycles. The number of hydrogen-bond donors (Lipinski definition) is 0. The second-order valence-corrected chi connectivity index (χ2v) is 22.8. The van der Waals surface area contributed by atoms with E-state index in [1.165, 1.54) is 107 Å². The highest BCUT2D eigenvalue weighted by Crippen LogP contribution is 2.40. The smallest absolute Gasteiger partial charge is 0.237 e. The van der Waals surface area contributed by atoms with Crippen molar-refractivity contribution in [2.75, 3.05) is 0 Å². The van der Waals surface area contributed by atoms with Gasteiger partial charge in [-0.3, -0.25) is 0 Å². The van der Waals surface area contributed by atoms with Crippen molar-refractivity contribution in [3.8, 4) is 33.8 Å². The van der Waals surface area contributed by atoms with E-state index in [4.69, 9.17) is 9.10 Å². The van der Waals surface area contributed by atoms with Gasteiger partial charge in [-0.25, -0.2) is 4.98 Å². The van der Waals surface area contributed by atoms with Gasteiger partial charge in [0.25, 0.3) is 14.5 Å². The molecule has 0 atom stereocenters. The highest BCUT2D eigenvalue weighted by molar-refractivity contribution is 7.26. The number of nitrogens with zero attached hydrogens (tertiary/aromatic N) is 4. The summed E-state index contributed by atoms with van der Waals surface area (Å²) in [6.45, 7) is 4.23. The summed E-state index contributed by atoms with van der Waals surface area (Å²) in [7, 11) is 6.42. The van der Waals surface area contributed by atoms with Crippen LogP contribution in [0.1, 0.15) is 26.4 Å². The number of aryl methyl sites for hydroxylation is 7. The Morgan fingerprint density at radius 1 is 0.382 bits per heavy atom. The van der Waals surface area contributed by atoms with Crippen LogP contribution in [0.2, 0.25) is 0 Å². The molecule has 8 aromatic carbocycles. The fourth-order valence-corrected chi connectivity index (χ4v) is 14.8. The topological polar surface area (TPSA) is 24.5 Å². The molecular weight excluding hydrogens is 981 g/mol. The largest absolute Gasteiger partial charge is 0.271 e. The van der Waals surface area contributed by atoms with Gasteiger partial charge in [-0.1, -0.05) is 162 Å². The maximum atomic E-state index is 7.64. The third-order valence-corrected chi connectivity index (χ3v) is 18.9. The van der Waals surface area contributed by atoms with Crippen LogP contribution in [0.15, 0.2) is 206 Å². The highest BCUT2D eigenvalue weighted by atomic mass is 32.1. The van der Waals surface area contributed by atoms with Crippen LogP contribution < -0.4 is 13.7 Å². The van der Waals surface area contributed by atoms with Crippen molar-refractivity contribution in [3.05, 3.63) is 229 Å². The van der Waals surface area contributed by atoms with Gasteiger partial charge in [0.1, 0.15) is 26.0 Å². The second-order valence-electron chi connectivity index (χ2n) is 19.8. The van der Waals surface area contributed by atoms with E-state index in [1.54, 1.807) is 23.5 Å². The van der Waals surface area contributed by atoms with Crippen molar-refractivity contribution in [2.24, 2.45) is 21.1 Å². The SMILES string of the molecule is Cc1ccccc1-c1ccc2c3c(ccc4ccccc43)sc2[n+]1C.Cc1ccccc1-c1ccc2c3ccc4ccccc4c3sc2[n+]1C.[2H]C([2H])([2H])c1ccc(-c2ccc3c4cc5ccccc5nc4sc3[n+]2C)c(C)c1. The molecule has 7 aromatic heterocycles. The minimum atomic E-state index is -2.09. The summed E-state index contributed by atoms with van der Waals surface area (Å²) in [5.41, 5.74) is 12.2. The zero-order chi connectivity index (χ0) is 54.3. The molecule has 7 heteroatoms. The molecule has 0 N–H and O–H groups in total. The predicted octanol–water partition coefficient (Wildman–Crippen LogP) is 17.7. The van der Waals surface area contributed by atoms with Gasteiger partial charge >= 0.3 is 0 Å². The minimum absolute atomic E-state index is 0.375. The zero-order valence-corrected chi connectivity index (χ0v) is 45.6. The molecule has 0 aliphatic carbocycles. The number of hydrogen-bond acceptors (Lipinski definition) is 4. The summed E-state index contributed by atoms with van der Waals surface area (Å²) in [6.07, 6.45) is 0. The Hall–Kier alpha value is -8.20. The van der Waals surface area contributed by atoms with Crippen LogP contribution in [0.25, 0.3) is 127 Å². The van der Waals surface area contributed by atoms with E-state index < -0.39 is 6.85 Å². The number of fused-ring (bicyclic) bond motifs is 14.